The third-order valence-electron chi connectivity index (χ3n) is 3.40. The monoisotopic (exact) mass is 284 g/mol. The van der Waals surface area contributed by atoms with Gasteiger partial charge in [0.2, 0.25) is 0 Å². The third-order valence-corrected chi connectivity index (χ3v) is 4.13. The summed E-state index contributed by atoms with van der Waals surface area (Å²) in [6, 6.07) is 13.7. The van der Waals surface area contributed by atoms with Gasteiger partial charge in [-0.05, 0) is 54.6 Å². The van der Waals surface area contributed by atoms with E-state index < -0.39 is 0 Å². The quantitative estimate of drug-likeness (QED) is 0.846. The highest BCUT2D eigenvalue weighted by Gasteiger charge is 2.13. The van der Waals surface area contributed by atoms with Gasteiger partial charge in [0.05, 0.1) is 0 Å². The van der Waals surface area contributed by atoms with Gasteiger partial charge in [-0.15, -0.1) is 11.8 Å². The van der Waals surface area contributed by atoms with Crippen LogP contribution >= 0.6 is 11.8 Å². The molecule has 2 aromatic rings. The standard InChI is InChI=1S/C16H16N2OS/c1-20-14-4-2-3-13(10-14)18-16(19)12-5-6-15-11(9-12)7-8-17-15/h2-6,9-10,17H,7-8H2,1H3,(H,18,19). The largest absolute Gasteiger partial charge is 0.384 e. The summed E-state index contributed by atoms with van der Waals surface area (Å²) in [5.41, 5.74) is 3.91. The summed E-state index contributed by atoms with van der Waals surface area (Å²) in [5, 5.41) is 6.25. The molecule has 0 saturated carbocycles. The van der Waals surface area contributed by atoms with Gasteiger partial charge in [0.25, 0.3) is 5.91 Å². The lowest BCUT2D eigenvalue weighted by Gasteiger charge is -2.08. The van der Waals surface area contributed by atoms with Crippen LogP contribution in [0.2, 0.25) is 0 Å². The summed E-state index contributed by atoms with van der Waals surface area (Å²) in [6.07, 6.45) is 3.01. The molecule has 3 nitrogen and oxygen atoms in total. The predicted octanol–water partition coefficient (Wildman–Crippen LogP) is 3.63. The van der Waals surface area contributed by atoms with Gasteiger partial charge in [-0.2, -0.15) is 0 Å². The summed E-state index contributed by atoms with van der Waals surface area (Å²) in [6.45, 7) is 0.955. The normalized spacial score (nSPS) is 12.7. The minimum absolute atomic E-state index is 0.0575. The van der Waals surface area contributed by atoms with Crippen LogP contribution in [0.4, 0.5) is 11.4 Å². The van der Waals surface area contributed by atoms with Crippen LogP contribution in [0.25, 0.3) is 0 Å². The number of fused-ring (bicyclic) bond motifs is 1. The van der Waals surface area contributed by atoms with Crippen molar-refractivity contribution in [1.29, 1.82) is 0 Å². The Labute approximate surface area is 122 Å². The van der Waals surface area contributed by atoms with Crippen LogP contribution in [0.1, 0.15) is 15.9 Å². The lowest BCUT2D eigenvalue weighted by atomic mass is 10.1. The Balaban J connectivity index is 1.79. The van der Waals surface area contributed by atoms with Crippen molar-refractivity contribution in [2.75, 3.05) is 23.4 Å². The van der Waals surface area contributed by atoms with E-state index in [1.165, 1.54) is 5.56 Å². The zero-order valence-electron chi connectivity index (χ0n) is 11.3. The molecule has 0 unspecified atom stereocenters. The topological polar surface area (TPSA) is 41.1 Å². The molecule has 2 N–H and O–H groups in total. The smallest absolute Gasteiger partial charge is 0.255 e. The second-order valence-electron chi connectivity index (χ2n) is 4.73. The number of nitrogens with one attached hydrogen (secondary N) is 2. The van der Waals surface area contributed by atoms with E-state index in [1.807, 2.05) is 48.7 Å². The van der Waals surface area contributed by atoms with E-state index in [-0.39, 0.29) is 5.91 Å². The molecule has 0 saturated heterocycles. The molecule has 1 amide bonds. The SMILES string of the molecule is CSc1cccc(NC(=O)c2ccc3c(c2)CCN3)c1. The van der Waals surface area contributed by atoms with Crippen LogP contribution < -0.4 is 10.6 Å². The minimum atomic E-state index is -0.0575. The summed E-state index contributed by atoms with van der Waals surface area (Å²) in [7, 11) is 0. The molecular weight excluding hydrogens is 268 g/mol. The van der Waals surface area contributed by atoms with Gasteiger partial charge in [-0.3, -0.25) is 4.79 Å². The molecule has 0 aromatic heterocycles. The van der Waals surface area contributed by atoms with E-state index in [4.69, 9.17) is 0 Å². The molecule has 0 spiro atoms. The summed E-state index contributed by atoms with van der Waals surface area (Å²) in [5.74, 6) is -0.0575. The molecule has 1 aliphatic heterocycles. The zero-order chi connectivity index (χ0) is 13.9. The van der Waals surface area contributed by atoms with Gasteiger partial charge in [0, 0.05) is 28.4 Å². The van der Waals surface area contributed by atoms with E-state index in [9.17, 15) is 4.79 Å². The van der Waals surface area contributed by atoms with Crippen LogP contribution in [0.3, 0.4) is 0 Å². The Hall–Kier alpha value is -1.94. The molecule has 1 aliphatic rings. The first-order valence-corrected chi connectivity index (χ1v) is 7.81. The van der Waals surface area contributed by atoms with Gasteiger partial charge in [0.15, 0.2) is 0 Å². The van der Waals surface area contributed by atoms with Crippen LogP contribution in [-0.2, 0) is 6.42 Å². The summed E-state index contributed by atoms with van der Waals surface area (Å²) < 4.78 is 0. The van der Waals surface area contributed by atoms with Crippen molar-refractivity contribution >= 4 is 29.0 Å². The Kier molecular flexibility index (Phi) is 3.65. The lowest BCUT2D eigenvalue weighted by molar-refractivity contribution is 0.102. The van der Waals surface area contributed by atoms with Crippen LogP contribution in [-0.4, -0.2) is 18.7 Å². The van der Waals surface area contributed by atoms with Crippen LogP contribution in [0.15, 0.2) is 47.4 Å². The Morgan fingerprint density at radius 3 is 3.00 bits per heavy atom. The molecule has 0 aliphatic carbocycles. The maximum Gasteiger partial charge on any atom is 0.255 e. The first kappa shape index (κ1) is 13.1. The number of anilines is 2. The van der Waals surface area contributed by atoms with Crippen molar-refractivity contribution in [3.63, 3.8) is 0 Å². The molecule has 20 heavy (non-hydrogen) atoms. The predicted molar refractivity (Wildman–Crippen MR) is 84.8 cm³/mol. The van der Waals surface area contributed by atoms with Crippen molar-refractivity contribution < 1.29 is 4.79 Å². The van der Waals surface area contributed by atoms with Crippen molar-refractivity contribution in [2.45, 2.75) is 11.3 Å². The first-order valence-electron chi connectivity index (χ1n) is 6.58. The molecule has 2 aromatic carbocycles. The van der Waals surface area contributed by atoms with Crippen molar-refractivity contribution in [1.82, 2.24) is 0 Å². The van der Waals surface area contributed by atoms with Crippen molar-refractivity contribution in [2.24, 2.45) is 0 Å². The second-order valence-corrected chi connectivity index (χ2v) is 5.61. The van der Waals surface area contributed by atoms with E-state index in [2.05, 4.69) is 10.6 Å². The second kappa shape index (κ2) is 5.59. The van der Waals surface area contributed by atoms with Gasteiger partial charge in [-0.25, -0.2) is 0 Å². The number of hydrogen-bond donors (Lipinski definition) is 2. The molecule has 0 atom stereocenters. The number of carbonyl (C=O) groups is 1. The van der Waals surface area contributed by atoms with Crippen molar-refractivity contribution in [3.8, 4) is 0 Å². The maximum atomic E-state index is 12.3. The van der Waals surface area contributed by atoms with Crippen LogP contribution in [0.5, 0.6) is 0 Å². The average Bonchev–Trinajstić information content (AvgIpc) is 2.94. The van der Waals surface area contributed by atoms with Gasteiger partial charge in [-0.1, -0.05) is 6.07 Å². The molecule has 0 radical (unpaired) electrons. The fourth-order valence-corrected chi connectivity index (χ4v) is 2.81. The van der Waals surface area contributed by atoms with E-state index >= 15 is 0 Å². The molecule has 3 rings (SSSR count). The first-order chi connectivity index (χ1) is 9.76. The molecule has 1 heterocycles. The number of amides is 1. The molecular formula is C16H16N2OS. The summed E-state index contributed by atoms with van der Waals surface area (Å²) >= 11 is 1.66. The van der Waals surface area contributed by atoms with Crippen molar-refractivity contribution in [3.05, 3.63) is 53.6 Å². The maximum absolute atomic E-state index is 12.3. The molecule has 4 heteroatoms. The van der Waals surface area contributed by atoms with Gasteiger partial charge >= 0.3 is 0 Å². The van der Waals surface area contributed by atoms with E-state index in [0.717, 1.165) is 29.2 Å². The molecule has 0 bridgehead atoms. The highest BCUT2D eigenvalue weighted by Crippen LogP contribution is 2.24. The Morgan fingerprint density at radius 2 is 2.15 bits per heavy atom. The zero-order valence-corrected chi connectivity index (χ0v) is 12.1. The van der Waals surface area contributed by atoms with E-state index in [1.54, 1.807) is 11.8 Å². The highest BCUT2D eigenvalue weighted by atomic mass is 32.2. The molecule has 0 fully saturated rings. The minimum Gasteiger partial charge on any atom is -0.384 e. The number of carbonyl (C=O) groups excluding carboxylic acids is 1. The number of rotatable bonds is 3. The number of benzene rings is 2. The third kappa shape index (κ3) is 2.65. The van der Waals surface area contributed by atoms with Crippen LogP contribution in [0, 0.1) is 0 Å². The fraction of sp³-hybridized carbons (Fsp3) is 0.188. The highest BCUT2D eigenvalue weighted by molar-refractivity contribution is 7.98. The number of hydrogen-bond acceptors (Lipinski definition) is 3. The van der Waals surface area contributed by atoms with E-state index in [0.29, 0.717) is 5.56 Å². The van der Waals surface area contributed by atoms with Gasteiger partial charge < -0.3 is 10.6 Å². The lowest BCUT2D eigenvalue weighted by Crippen LogP contribution is -2.12. The Bertz CT molecular complexity index is 655. The Morgan fingerprint density at radius 1 is 1.25 bits per heavy atom. The molecule has 102 valence electrons. The fourth-order valence-electron chi connectivity index (χ4n) is 2.35. The summed E-state index contributed by atoms with van der Waals surface area (Å²) in [4.78, 5) is 13.4. The average molecular weight is 284 g/mol. The van der Waals surface area contributed by atoms with Gasteiger partial charge in [0.1, 0.15) is 0 Å². The number of thioether (sulfide) groups is 1.